The van der Waals surface area contributed by atoms with E-state index in [1.807, 2.05) is 44.2 Å². The topological polar surface area (TPSA) is 118 Å². The van der Waals surface area contributed by atoms with Crippen molar-refractivity contribution < 1.29 is 24.3 Å². The van der Waals surface area contributed by atoms with Crippen LogP contribution in [0.4, 0.5) is 5.69 Å². The first kappa shape index (κ1) is 22.1. The number of aromatic nitrogens is 2. The van der Waals surface area contributed by atoms with E-state index in [-0.39, 0.29) is 25.0 Å². The molecule has 1 aliphatic carbocycles. The number of aliphatic hydroxyl groups is 1. The zero-order valence-electron chi connectivity index (χ0n) is 17.7. The second kappa shape index (κ2) is 8.80. The van der Waals surface area contributed by atoms with E-state index in [9.17, 15) is 9.90 Å². The molecular weight excluding hydrogens is 434 g/mol. The van der Waals surface area contributed by atoms with Crippen LogP contribution in [-0.4, -0.2) is 44.1 Å². The molecule has 168 valence electrons. The highest BCUT2D eigenvalue weighted by Gasteiger charge is 2.43. The molecule has 0 amide bonds. The van der Waals surface area contributed by atoms with Crippen LogP contribution in [0.1, 0.15) is 33.1 Å². The predicted octanol–water partition coefficient (Wildman–Crippen LogP) is 4.62. The van der Waals surface area contributed by atoms with Gasteiger partial charge in [0.05, 0.1) is 11.1 Å². The molecule has 9 heteroatoms. The molecule has 2 atom stereocenters. The van der Waals surface area contributed by atoms with Crippen molar-refractivity contribution in [1.29, 1.82) is 0 Å². The summed E-state index contributed by atoms with van der Waals surface area (Å²) in [5, 5.41) is 27.0. The average Bonchev–Trinajstić information content (AvgIpc) is 3.38. The Balaban J connectivity index is 1.44. The summed E-state index contributed by atoms with van der Waals surface area (Å²) in [5.41, 5.74) is 0.626. The van der Waals surface area contributed by atoms with Gasteiger partial charge in [0, 0.05) is 29.3 Å². The molecule has 1 heterocycles. The Kier molecular flexibility index (Phi) is 6.08. The second-order valence-corrected chi connectivity index (χ2v) is 8.64. The van der Waals surface area contributed by atoms with E-state index in [1.165, 1.54) is 0 Å². The standard InChI is InChI=1S/C23H24ClN3O5/c1-13(2)31-19-8-5-15(11-18(19)24)20-26-21(32-27-20)14-3-6-16(7-4-14)25-17-9-10-23(30,12-17)22(28)29/h3-8,11,13,17,25,30H,9-10,12H2,1-2H3,(H,28,29)/t17-,23?/m0/s1. The molecule has 1 aliphatic rings. The molecule has 1 aromatic heterocycles. The van der Waals surface area contributed by atoms with Crippen LogP contribution in [0, 0.1) is 0 Å². The maximum absolute atomic E-state index is 11.2. The van der Waals surface area contributed by atoms with Crippen molar-refractivity contribution in [3.05, 3.63) is 47.5 Å². The normalized spacial score (nSPS) is 20.5. The highest BCUT2D eigenvalue weighted by atomic mass is 35.5. The van der Waals surface area contributed by atoms with E-state index in [0.29, 0.717) is 34.5 Å². The summed E-state index contributed by atoms with van der Waals surface area (Å²) in [6.45, 7) is 3.86. The molecule has 32 heavy (non-hydrogen) atoms. The Hall–Kier alpha value is -3.10. The number of ether oxygens (including phenoxy) is 1. The van der Waals surface area contributed by atoms with Gasteiger partial charge in [-0.05, 0) is 69.2 Å². The summed E-state index contributed by atoms with van der Waals surface area (Å²) >= 11 is 6.30. The molecule has 0 radical (unpaired) electrons. The number of nitrogens with zero attached hydrogens (tertiary/aromatic N) is 2. The lowest BCUT2D eigenvalue weighted by atomic mass is 10.0. The maximum Gasteiger partial charge on any atom is 0.335 e. The van der Waals surface area contributed by atoms with E-state index >= 15 is 0 Å². The van der Waals surface area contributed by atoms with Crippen LogP contribution in [0.5, 0.6) is 5.75 Å². The molecule has 1 fully saturated rings. The molecular formula is C23H24ClN3O5. The predicted molar refractivity (Wildman–Crippen MR) is 120 cm³/mol. The van der Waals surface area contributed by atoms with Crippen molar-refractivity contribution in [2.24, 2.45) is 0 Å². The van der Waals surface area contributed by atoms with Gasteiger partial charge >= 0.3 is 5.97 Å². The zero-order chi connectivity index (χ0) is 22.9. The Morgan fingerprint density at radius 2 is 1.97 bits per heavy atom. The van der Waals surface area contributed by atoms with Gasteiger partial charge < -0.3 is 24.8 Å². The molecule has 4 rings (SSSR count). The van der Waals surface area contributed by atoms with Gasteiger partial charge in [0.25, 0.3) is 5.89 Å². The van der Waals surface area contributed by atoms with Crippen LogP contribution in [0.15, 0.2) is 47.0 Å². The first-order chi connectivity index (χ1) is 15.2. The molecule has 0 bridgehead atoms. The van der Waals surface area contributed by atoms with Gasteiger partial charge in [-0.15, -0.1) is 0 Å². The SMILES string of the molecule is CC(C)Oc1ccc(-c2noc(-c3ccc(N[C@H]4CCC(O)(C(=O)O)C4)cc3)n2)cc1Cl. The van der Waals surface area contributed by atoms with Crippen LogP contribution in [0.3, 0.4) is 0 Å². The second-order valence-electron chi connectivity index (χ2n) is 8.23. The zero-order valence-corrected chi connectivity index (χ0v) is 18.5. The largest absolute Gasteiger partial charge is 0.489 e. The number of anilines is 1. The molecule has 0 spiro atoms. The minimum Gasteiger partial charge on any atom is -0.489 e. The summed E-state index contributed by atoms with van der Waals surface area (Å²) in [6, 6.07) is 12.6. The number of carboxylic acid groups (broad SMARTS) is 1. The number of rotatable bonds is 7. The lowest BCUT2D eigenvalue weighted by Crippen LogP contribution is -2.36. The minimum atomic E-state index is -1.65. The molecule has 1 unspecified atom stereocenters. The van der Waals surface area contributed by atoms with Crippen molar-refractivity contribution in [2.75, 3.05) is 5.32 Å². The lowest BCUT2D eigenvalue weighted by Gasteiger charge is -2.18. The molecule has 3 N–H and O–H groups in total. The third kappa shape index (κ3) is 4.71. The number of nitrogens with one attached hydrogen (secondary N) is 1. The Morgan fingerprint density at radius 3 is 2.59 bits per heavy atom. The quantitative estimate of drug-likeness (QED) is 0.470. The molecule has 2 aromatic carbocycles. The Morgan fingerprint density at radius 1 is 1.25 bits per heavy atom. The highest BCUT2D eigenvalue weighted by molar-refractivity contribution is 6.32. The van der Waals surface area contributed by atoms with Crippen LogP contribution in [-0.2, 0) is 4.79 Å². The summed E-state index contributed by atoms with van der Waals surface area (Å²) in [5.74, 6) is 0.208. The van der Waals surface area contributed by atoms with Gasteiger partial charge in [-0.1, -0.05) is 16.8 Å². The third-order valence-electron chi connectivity index (χ3n) is 5.37. The summed E-state index contributed by atoms with van der Waals surface area (Å²) in [6.07, 6.45) is 1.00. The van der Waals surface area contributed by atoms with Gasteiger partial charge in [0.1, 0.15) is 5.75 Å². The van der Waals surface area contributed by atoms with E-state index < -0.39 is 11.6 Å². The number of hydrogen-bond acceptors (Lipinski definition) is 7. The summed E-state index contributed by atoms with van der Waals surface area (Å²) in [7, 11) is 0. The van der Waals surface area contributed by atoms with E-state index in [4.69, 9.17) is 26.0 Å². The van der Waals surface area contributed by atoms with Gasteiger partial charge in [-0.25, -0.2) is 4.79 Å². The van der Waals surface area contributed by atoms with Crippen LogP contribution < -0.4 is 10.1 Å². The number of benzene rings is 2. The number of carbonyl (C=O) groups is 1. The molecule has 0 saturated heterocycles. The Labute approximate surface area is 190 Å². The maximum atomic E-state index is 11.2. The number of aliphatic carboxylic acids is 1. The first-order valence-electron chi connectivity index (χ1n) is 10.4. The van der Waals surface area contributed by atoms with Crippen LogP contribution >= 0.6 is 11.6 Å². The third-order valence-corrected chi connectivity index (χ3v) is 5.67. The first-order valence-corrected chi connectivity index (χ1v) is 10.7. The van der Waals surface area contributed by atoms with E-state index in [2.05, 4.69) is 15.5 Å². The number of hydrogen-bond donors (Lipinski definition) is 3. The number of carboxylic acids is 1. The van der Waals surface area contributed by atoms with Crippen molar-refractivity contribution in [3.8, 4) is 28.6 Å². The molecule has 8 nitrogen and oxygen atoms in total. The fourth-order valence-corrected chi connectivity index (χ4v) is 3.96. The van der Waals surface area contributed by atoms with Crippen molar-refractivity contribution in [1.82, 2.24) is 10.1 Å². The van der Waals surface area contributed by atoms with Gasteiger partial charge in [0.15, 0.2) is 5.60 Å². The smallest absolute Gasteiger partial charge is 0.335 e. The summed E-state index contributed by atoms with van der Waals surface area (Å²) < 4.78 is 11.1. The fourth-order valence-electron chi connectivity index (χ4n) is 3.73. The van der Waals surface area contributed by atoms with Crippen molar-refractivity contribution in [3.63, 3.8) is 0 Å². The van der Waals surface area contributed by atoms with Gasteiger partial charge in [0.2, 0.25) is 5.82 Å². The Bertz CT molecular complexity index is 1120. The molecule has 0 aliphatic heterocycles. The van der Waals surface area contributed by atoms with Gasteiger partial charge in [-0.2, -0.15) is 4.98 Å². The summed E-state index contributed by atoms with van der Waals surface area (Å²) in [4.78, 5) is 15.6. The average molecular weight is 458 g/mol. The lowest BCUT2D eigenvalue weighted by molar-refractivity contribution is -0.157. The van der Waals surface area contributed by atoms with E-state index in [0.717, 1.165) is 11.3 Å². The highest BCUT2D eigenvalue weighted by Crippen LogP contribution is 2.33. The monoisotopic (exact) mass is 457 g/mol. The fraction of sp³-hybridized carbons (Fsp3) is 0.348. The van der Waals surface area contributed by atoms with E-state index in [1.54, 1.807) is 12.1 Å². The molecule has 1 saturated carbocycles. The van der Waals surface area contributed by atoms with Crippen LogP contribution in [0.2, 0.25) is 5.02 Å². The van der Waals surface area contributed by atoms with Crippen molar-refractivity contribution in [2.45, 2.75) is 50.9 Å². The van der Waals surface area contributed by atoms with Crippen LogP contribution in [0.25, 0.3) is 22.8 Å². The minimum absolute atomic E-state index is 0.0182. The van der Waals surface area contributed by atoms with Gasteiger partial charge in [-0.3, -0.25) is 0 Å². The van der Waals surface area contributed by atoms with Crippen molar-refractivity contribution >= 4 is 23.3 Å². The number of halogens is 1. The molecule has 3 aromatic rings.